The van der Waals surface area contributed by atoms with Crippen LogP contribution >= 0.6 is 23.5 Å². The molecule has 0 aromatic heterocycles. The van der Waals surface area contributed by atoms with Crippen molar-refractivity contribution in [1.29, 1.82) is 0 Å². The molecule has 1 aliphatic heterocycles. The monoisotopic (exact) mass is 522 g/mol. The van der Waals surface area contributed by atoms with E-state index in [1.54, 1.807) is 5.57 Å². The molecule has 9 atom stereocenters. The Hall–Kier alpha value is 0.320. The van der Waals surface area contributed by atoms with Gasteiger partial charge < -0.3 is 15.3 Å². The summed E-state index contributed by atoms with van der Waals surface area (Å²) in [5, 5.41) is 34.3. The minimum absolute atomic E-state index is 0.0249. The Morgan fingerprint density at radius 3 is 2.46 bits per heavy atom. The molecule has 0 aromatic carbocycles. The first-order chi connectivity index (χ1) is 16.4. The van der Waals surface area contributed by atoms with Gasteiger partial charge in [0.1, 0.15) is 0 Å². The Morgan fingerprint density at radius 2 is 1.77 bits per heavy atom. The lowest BCUT2D eigenvalue weighted by Gasteiger charge is -2.60. The topological polar surface area (TPSA) is 60.7 Å². The first-order valence-electron chi connectivity index (χ1n) is 14.5. The minimum atomic E-state index is -0.707. The van der Waals surface area contributed by atoms with E-state index in [1.165, 1.54) is 30.8 Å². The first-order valence-corrected chi connectivity index (χ1v) is 16.5. The molecule has 4 aliphatic carbocycles. The fraction of sp³-hybridized carbons (Fsp3) is 0.933. The van der Waals surface area contributed by atoms with Crippen molar-refractivity contribution >= 4 is 23.5 Å². The van der Waals surface area contributed by atoms with Gasteiger partial charge in [0.2, 0.25) is 0 Å². The van der Waals surface area contributed by atoms with Crippen molar-refractivity contribution in [3.05, 3.63) is 11.6 Å². The van der Waals surface area contributed by atoms with Crippen LogP contribution in [-0.4, -0.2) is 48.7 Å². The quantitative estimate of drug-likeness (QED) is 0.353. The predicted octanol–water partition coefficient (Wildman–Crippen LogP) is 6.65. The number of hydrogen-bond acceptors (Lipinski definition) is 5. The normalized spacial score (nSPS) is 46.8. The Bertz CT molecular complexity index is 818. The van der Waals surface area contributed by atoms with Crippen LogP contribution in [-0.2, 0) is 0 Å². The molecule has 1 saturated heterocycles. The van der Waals surface area contributed by atoms with E-state index in [0.29, 0.717) is 23.7 Å². The van der Waals surface area contributed by atoms with E-state index in [0.717, 1.165) is 44.9 Å². The second kappa shape index (κ2) is 9.50. The highest BCUT2D eigenvalue weighted by Gasteiger charge is 2.65. The van der Waals surface area contributed by atoms with Crippen LogP contribution in [0.5, 0.6) is 0 Å². The molecule has 5 aliphatic rings. The molecule has 0 aromatic rings. The molecule has 1 heterocycles. The molecule has 5 heteroatoms. The summed E-state index contributed by atoms with van der Waals surface area (Å²) in [6, 6.07) is 0. The third-order valence-corrected chi connectivity index (χ3v) is 15.3. The summed E-state index contributed by atoms with van der Waals surface area (Å²) in [7, 11) is 0. The molecule has 5 rings (SSSR count). The van der Waals surface area contributed by atoms with Crippen molar-refractivity contribution in [2.45, 2.75) is 121 Å². The summed E-state index contributed by atoms with van der Waals surface area (Å²) in [6.07, 6.45) is 12.3. The zero-order valence-corrected chi connectivity index (χ0v) is 24.4. The van der Waals surface area contributed by atoms with Crippen molar-refractivity contribution < 1.29 is 15.3 Å². The van der Waals surface area contributed by atoms with Gasteiger partial charge in [0.25, 0.3) is 0 Å². The molecule has 0 spiro atoms. The zero-order chi connectivity index (χ0) is 25.2. The average molecular weight is 523 g/mol. The van der Waals surface area contributed by atoms with Gasteiger partial charge in [-0.15, -0.1) is 23.5 Å². The van der Waals surface area contributed by atoms with Gasteiger partial charge >= 0.3 is 0 Å². The molecule has 0 bridgehead atoms. The molecule has 3 nitrogen and oxygen atoms in total. The summed E-state index contributed by atoms with van der Waals surface area (Å²) in [5.41, 5.74) is 0.995. The molecule has 3 N–H and O–H groups in total. The molecule has 3 saturated carbocycles. The highest BCUT2D eigenvalue weighted by Crippen LogP contribution is 2.69. The maximum absolute atomic E-state index is 12.6. The van der Waals surface area contributed by atoms with E-state index in [-0.39, 0.29) is 33.0 Å². The molecular weight excluding hydrogens is 472 g/mol. The van der Waals surface area contributed by atoms with Crippen molar-refractivity contribution in [3.8, 4) is 0 Å². The Balaban J connectivity index is 1.46. The maximum Gasteiger partial charge on any atom is 0.0896 e. The number of thioether (sulfide) groups is 2. The lowest BCUT2D eigenvalue weighted by molar-refractivity contribution is -0.0991. The number of aliphatic hydroxyl groups excluding tert-OH is 2. The Labute approximate surface area is 222 Å². The Kier molecular flexibility index (Phi) is 7.31. The van der Waals surface area contributed by atoms with Crippen LogP contribution < -0.4 is 0 Å². The molecule has 0 unspecified atom stereocenters. The molecular formula is C30H50O3S2. The third kappa shape index (κ3) is 4.21. The van der Waals surface area contributed by atoms with Crippen LogP contribution in [0.3, 0.4) is 0 Å². The van der Waals surface area contributed by atoms with Crippen LogP contribution in [0.4, 0.5) is 0 Å². The number of hydrogen-bond donors (Lipinski definition) is 3. The lowest BCUT2D eigenvalue weighted by atomic mass is 9.47. The average Bonchev–Trinajstić information content (AvgIpc) is 3.18. The van der Waals surface area contributed by atoms with Crippen LogP contribution in [0.2, 0.25) is 0 Å². The smallest absolute Gasteiger partial charge is 0.0896 e. The van der Waals surface area contributed by atoms with Gasteiger partial charge in [0.15, 0.2) is 0 Å². The van der Waals surface area contributed by atoms with Crippen molar-refractivity contribution in [2.75, 3.05) is 11.5 Å². The summed E-state index contributed by atoms with van der Waals surface area (Å²) >= 11 is 4.11. The van der Waals surface area contributed by atoms with Gasteiger partial charge in [-0.2, -0.15) is 0 Å². The van der Waals surface area contributed by atoms with Crippen LogP contribution in [0, 0.1) is 40.4 Å². The van der Waals surface area contributed by atoms with E-state index < -0.39 is 5.60 Å². The molecule has 0 amide bonds. The second-order valence-electron chi connectivity index (χ2n) is 13.9. The van der Waals surface area contributed by atoms with E-state index in [4.69, 9.17) is 0 Å². The van der Waals surface area contributed by atoms with E-state index in [2.05, 4.69) is 64.2 Å². The van der Waals surface area contributed by atoms with Crippen LogP contribution in [0.25, 0.3) is 0 Å². The van der Waals surface area contributed by atoms with Gasteiger partial charge in [0, 0.05) is 0 Å². The molecule has 0 radical (unpaired) electrons. The third-order valence-electron chi connectivity index (χ3n) is 11.5. The molecule has 4 fully saturated rings. The number of fused-ring (bicyclic) bond motifs is 5. The van der Waals surface area contributed by atoms with Gasteiger partial charge in [-0.25, -0.2) is 0 Å². The predicted molar refractivity (Wildman–Crippen MR) is 150 cm³/mol. The lowest BCUT2D eigenvalue weighted by Crippen LogP contribution is -2.59. The van der Waals surface area contributed by atoms with Crippen molar-refractivity contribution in [2.24, 2.45) is 40.4 Å². The summed E-state index contributed by atoms with van der Waals surface area (Å²) in [6.45, 7) is 11.7. The highest BCUT2D eigenvalue weighted by atomic mass is 32.2. The summed E-state index contributed by atoms with van der Waals surface area (Å²) in [5.74, 6) is 4.44. The summed E-state index contributed by atoms with van der Waals surface area (Å²) < 4.78 is -0.106. The number of aliphatic hydroxyl groups is 3. The van der Waals surface area contributed by atoms with E-state index in [9.17, 15) is 15.3 Å². The number of rotatable bonds is 5. The molecule has 35 heavy (non-hydrogen) atoms. The first kappa shape index (κ1) is 26.9. The Morgan fingerprint density at radius 1 is 1.06 bits per heavy atom. The van der Waals surface area contributed by atoms with Crippen LogP contribution in [0.1, 0.15) is 98.8 Å². The van der Waals surface area contributed by atoms with Gasteiger partial charge in [-0.05, 0) is 123 Å². The van der Waals surface area contributed by atoms with E-state index in [1.807, 2.05) is 0 Å². The maximum atomic E-state index is 12.6. The second-order valence-corrected chi connectivity index (χ2v) is 16.9. The summed E-state index contributed by atoms with van der Waals surface area (Å²) in [4.78, 5) is 0. The zero-order valence-electron chi connectivity index (χ0n) is 22.8. The fourth-order valence-corrected chi connectivity index (χ4v) is 13.1. The van der Waals surface area contributed by atoms with Crippen molar-refractivity contribution in [3.63, 3.8) is 0 Å². The van der Waals surface area contributed by atoms with Crippen molar-refractivity contribution in [1.82, 2.24) is 0 Å². The van der Waals surface area contributed by atoms with Gasteiger partial charge in [-0.1, -0.05) is 39.3 Å². The minimum Gasteiger partial charge on any atom is -0.393 e. The molecule has 200 valence electrons. The van der Waals surface area contributed by atoms with Crippen LogP contribution in [0.15, 0.2) is 11.6 Å². The largest absolute Gasteiger partial charge is 0.393 e. The number of allylic oxidation sites excluding steroid dienone is 2. The standard InChI is InChI=1S/C30H50O3S2/c1-19(2)9-14-30(34-15-6-16-35-30)29(5,33)26-8-7-22-21-18-25(32)24-17-20(31)10-12-27(24,3)23(21)11-13-28(22,26)4/h11,19-22,24-26,31-33H,6-10,12-18H2,1-5H3/t20-,21-,22-,24+,25-,26-,27+,28-,29+/m0/s1. The van der Waals surface area contributed by atoms with E-state index >= 15 is 0 Å². The van der Waals surface area contributed by atoms with Gasteiger partial charge in [0.05, 0.1) is 21.9 Å². The highest BCUT2D eigenvalue weighted by molar-refractivity contribution is 8.18. The van der Waals surface area contributed by atoms with Gasteiger partial charge in [-0.3, -0.25) is 0 Å². The fourth-order valence-electron chi connectivity index (χ4n) is 9.48. The SMILES string of the molecule is CC(C)CCC1([C@](C)(O)[C@H]2CC[C@H]3[C@@H]4C[C@H](O)[C@H]5C[C@@H](O)CC[C@]5(C)C4=CC[C@@]32C)SCCCS1.